The Labute approximate surface area is 114 Å². The molecule has 0 heterocycles. The van der Waals surface area contributed by atoms with Crippen LogP contribution in [0.25, 0.3) is 0 Å². The van der Waals surface area contributed by atoms with Crippen LogP contribution in [0.5, 0.6) is 0 Å². The molecule has 0 aromatic heterocycles. The van der Waals surface area contributed by atoms with E-state index in [-0.39, 0.29) is 10.8 Å². The first-order valence-electron chi connectivity index (χ1n) is 7.17. The number of carboxylic acid groups (broad SMARTS) is 1. The molecule has 2 bridgehead atoms. The number of carboxylic acids is 1. The zero-order valence-electron chi connectivity index (χ0n) is 12.0. The predicted molar refractivity (Wildman–Crippen MR) is 75.4 cm³/mol. The minimum Gasteiger partial charge on any atom is -0.478 e. The minimum atomic E-state index is -0.790. The van der Waals surface area contributed by atoms with Gasteiger partial charge in [0, 0.05) is 5.41 Å². The van der Waals surface area contributed by atoms with E-state index in [1.807, 2.05) is 18.2 Å². The van der Waals surface area contributed by atoms with Crippen molar-refractivity contribution < 1.29 is 9.90 Å². The third-order valence-electron chi connectivity index (χ3n) is 6.59. The molecule has 2 aliphatic carbocycles. The monoisotopic (exact) mass is 258 g/mol. The largest absolute Gasteiger partial charge is 0.478 e. The first-order chi connectivity index (χ1) is 8.84. The van der Waals surface area contributed by atoms with Gasteiger partial charge in [0.1, 0.15) is 0 Å². The molecule has 2 aliphatic rings. The molecule has 0 atom stereocenters. The fourth-order valence-corrected chi connectivity index (χ4v) is 4.75. The number of carbonyl (C=O) groups is 1. The van der Waals surface area contributed by atoms with Crippen LogP contribution >= 0.6 is 0 Å². The topological polar surface area (TPSA) is 37.3 Å². The van der Waals surface area contributed by atoms with Crippen molar-refractivity contribution in [3.05, 3.63) is 35.4 Å². The van der Waals surface area contributed by atoms with Crippen molar-refractivity contribution in [2.75, 3.05) is 0 Å². The van der Waals surface area contributed by atoms with Gasteiger partial charge in [0.05, 0.1) is 5.56 Å². The summed E-state index contributed by atoms with van der Waals surface area (Å²) in [5.74, 6) is -0.790. The zero-order chi connectivity index (χ0) is 13.9. The van der Waals surface area contributed by atoms with Gasteiger partial charge in [-0.1, -0.05) is 39.0 Å². The highest BCUT2D eigenvalue weighted by Crippen LogP contribution is 2.72. The molecule has 0 spiro atoms. The number of hydrogen-bond donors (Lipinski definition) is 1. The van der Waals surface area contributed by atoms with Crippen molar-refractivity contribution in [3.8, 4) is 0 Å². The summed E-state index contributed by atoms with van der Waals surface area (Å²) >= 11 is 0. The average molecular weight is 258 g/mol. The summed E-state index contributed by atoms with van der Waals surface area (Å²) in [7, 11) is 0. The molecule has 1 aromatic carbocycles. The first kappa shape index (κ1) is 12.7. The summed E-state index contributed by atoms with van der Waals surface area (Å²) in [5.41, 5.74) is 2.15. The van der Waals surface area contributed by atoms with E-state index in [0.717, 1.165) is 18.4 Å². The van der Waals surface area contributed by atoms with Gasteiger partial charge in [0.15, 0.2) is 0 Å². The van der Waals surface area contributed by atoms with Crippen LogP contribution in [0.4, 0.5) is 0 Å². The fraction of sp³-hybridized carbons (Fsp3) is 0.588. The number of aromatic carboxylic acids is 1. The Balaban J connectivity index is 2.21. The second kappa shape index (κ2) is 3.62. The maximum absolute atomic E-state index is 11.5. The summed E-state index contributed by atoms with van der Waals surface area (Å²) in [6.45, 7) is 7.06. The molecule has 2 saturated carbocycles. The summed E-state index contributed by atoms with van der Waals surface area (Å²) < 4.78 is 0. The summed E-state index contributed by atoms with van der Waals surface area (Å²) in [6.07, 6.45) is 4.68. The summed E-state index contributed by atoms with van der Waals surface area (Å²) in [5, 5.41) is 9.48. The van der Waals surface area contributed by atoms with Crippen molar-refractivity contribution in [2.45, 2.75) is 51.9 Å². The van der Waals surface area contributed by atoms with Gasteiger partial charge < -0.3 is 5.11 Å². The molecule has 0 amide bonds. The molecule has 2 heteroatoms. The third-order valence-corrected chi connectivity index (χ3v) is 6.59. The van der Waals surface area contributed by atoms with Crippen LogP contribution in [-0.2, 0) is 5.41 Å². The third kappa shape index (κ3) is 1.35. The van der Waals surface area contributed by atoms with Crippen LogP contribution in [0.2, 0.25) is 0 Å². The van der Waals surface area contributed by atoms with E-state index in [4.69, 9.17) is 0 Å². The molecule has 0 radical (unpaired) electrons. The Hall–Kier alpha value is -1.31. The number of fused-ring (bicyclic) bond motifs is 2. The van der Waals surface area contributed by atoms with Crippen molar-refractivity contribution in [1.29, 1.82) is 0 Å². The van der Waals surface area contributed by atoms with Gasteiger partial charge in [-0.15, -0.1) is 0 Å². The zero-order valence-corrected chi connectivity index (χ0v) is 12.0. The van der Waals surface area contributed by atoms with E-state index in [1.165, 1.54) is 12.8 Å². The van der Waals surface area contributed by atoms with E-state index < -0.39 is 5.97 Å². The van der Waals surface area contributed by atoms with Gasteiger partial charge in [-0.05, 0) is 48.1 Å². The van der Waals surface area contributed by atoms with Gasteiger partial charge in [-0.25, -0.2) is 4.79 Å². The average Bonchev–Trinajstić information content (AvgIpc) is 2.70. The van der Waals surface area contributed by atoms with Gasteiger partial charge >= 0.3 is 5.97 Å². The standard InChI is InChI=1S/C17H22O2/c1-15(2)16(3)8-10-17(15,11-9-16)13-7-5-4-6-12(13)14(18)19/h4-7H,8-11H2,1-3H3,(H,18,19). The van der Waals surface area contributed by atoms with Crippen LogP contribution in [-0.4, -0.2) is 11.1 Å². The van der Waals surface area contributed by atoms with Crippen LogP contribution in [0.1, 0.15) is 62.4 Å². The Bertz CT molecular complexity index is 534. The number of rotatable bonds is 2. The molecule has 19 heavy (non-hydrogen) atoms. The smallest absolute Gasteiger partial charge is 0.335 e. The molecule has 2 nitrogen and oxygen atoms in total. The summed E-state index contributed by atoms with van der Waals surface area (Å²) in [6, 6.07) is 7.62. The van der Waals surface area contributed by atoms with Gasteiger partial charge in [0.25, 0.3) is 0 Å². The molecule has 1 aromatic rings. The van der Waals surface area contributed by atoms with Crippen molar-refractivity contribution in [2.24, 2.45) is 10.8 Å². The Morgan fingerprint density at radius 3 is 2.11 bits per heavy atom. The SMILES string of the molecule is CC12CCC(c3ccccc3C(=O)O)(CC1)C2(C)C. The molecular formula is C17H22O2. The van der Waals surface area contributed by atoms with Crippen molar-refractivity contribution in [1.82, 2.24) is 0 Å². The molecule has 102 valence electrons. The molecule has 2 fully saturated rings. The highest BCUT2D eigenvalue weighted by atomic mass is 16.4. The van der Waals surface area contributed by atoms with E-state index in [0.29, 0.717) is 11.0 Å². The van der Waals surface area contributed by atoms with Gasteiger partial charge in [0.2, 0.25) is 0 Å². The lowest BCUT2D eigenvalue weighted by Crippen LogP contribution is -2.38. The highest BCUT2D eigenvalue weighted by Gasteiger charge is 2.65. The second-order valence-electron chi connectivity index (χ2n) is 7.12. The van der Waals surface area contributed by atoms with Crippen LogP contribution in [0.3, 0.4) is 0 Å². The Morgan fingerprint density at radius 2 is 1.63 bits per heavy atom. The Kier molecular flexibility index (Phi) is 2.42. The fourth-order valence-electron chi connectivity index (χ4n) is 4.75. The van der Waals surface area contributed by atoms with E-state index in [1.54, 1.807) is 6.07 Å². The van der Waals surface area contributed by atoms with Crippen molar-refractivity contribution in [3.63, 3.8) is 0 Å². The lowest BCUT2D eigenvalue weighted by Gasteiger charge is -2.42. The van der Waals surface area contributed by atoms with Crippen LogP contribution in [0, 0.1) is 10.8 Å². The van der Waals surface area contributed by atoms with Gasteiger partial charge in [-0.3, -0.25) is 0 Å². The maximum atomic E-state index is 11.5. The number of hydrogen-bond acceptors (Lipinski definition) is 1. The number of benzene rings is 1. The molecule has 0 saturated heterocycles. The minimum absolute atomic E-state index is 0.0523. The van der Waals surface area contributed by atoms with E-state index in [9.17, 15) is 9.90 Å². The van der Waals surface area contributed by atoms with E-state index >= 15 is 0 Å². The van der Waals surface area contributed by atoms with Gasteiger partial charge in [-0.2, -0.15) is 0 Å². The molecule has 3 rings (SSSR count). The second-order valence-corrected chi connectivity index (χ2v) is 7.12. The lowest BCUT2D eigenvalue weighted by atomic mass is 9.61. The quantitative estimate of drug-likeness (QED) is 0.861. The summed E-state index contributed by atoms with van der Waals surface area (Å²) in [4.78, 5) is 11.5. The Morgan fingerprint density at radius 1 is 1.05 bits per heavy atom. The normalized spacial score (nSPS) is 35.5. The van der Waals surface area contributed by atoms with Crippen LogP contribution < -0.4 is 0 Å². The molecule has 1 N–H and O–H groups in total. The molecule has 0 unspecified atom stereocenters. The van der Waals surface area contributed by atoms with Crippen molar-refractivity contribution >= 4 is 5.97 Å². The predicted octanol–water partition coefficient (Wildman–Crippen LogP) is 4.24. The highest BCUT2D eigenvalue weighted by molar-refractivity contribution is 5.90. The molecular weight excluding hydrogens is 236 g/mol. The van der Waals surface area contributed by atoms with Crippen LogP contribution in [0.15, 0.2) is 24.3 Å². The lowest BCUT2D eigenvalue weighted by molar-refractivity contribution is 0.0689. The molecule has 0 aliphatic heterocycles. The van der Waals surface area contributed by atoms with E-state index in [2.05, 4.69) is 20.8 Å². The first-order valence-corrected chi connectivity index (χ1v) is 7.17. The maximum Gasteiger partial charge on any atom is 0.335 e.